The van der Waals surface area contributed by atoms with Crippen molar-refractivity contribution in [3.63, 3.8) is 0 Å². The van der Waals surface area contributed by atoms with Crippen molar-refractivity contribution in [1.29, 1.82) is 0 Å². The molecular weight excluding hydrogens is 222 g/mol. The topological polar surface area (TPSA) is 34.1 Å². The number of hydrogen-bond acceptors (Lipinski definition) is 2. The van der Waals surface area contributed by atoms with Crippen LogP contribution < -0.4 is 0 Å². The van der Waals surface area contributed by atoms with Gasteiger partial charge in [0.05, 0.1) is 0 Å². The standard InChI is InChI=1S/C7H7Cl.F2O2S/c1-6-4-2-3-5-7(6)8;1-5(2,3)4/h2-5H,1H3;. The summed E-state index contributed by atoms with van der Waals surface area (Å²) < 4.78 is 36.6. The lowest BCUT2D eigenvalue weighted by Crippen LogP contribution is -1.69. The van der Waals surface area contributed by atoms with Crippen LogP contribution >= 0.6 is 11.6 Å². The van der Waals surface area contributed by atoms with E-state index in [9.17, 15) is 7.77 Å². The minimum atomic E-state index is -5.67. The van der Waals surface area contributed by atoms with Gasteiger partial charge in [-0.25, -0.2) is 0 Å². The third-order valence-corrected chi connectivity index (χ3v) is 1.50. The fourth-order valence-corrected chi connectivity index (χ4v) is 0.687. The second kappa shape index (κ2) is 5.14. The molecule has 1 aromatic rings. The van der Waals surface area contributed by atoms with E-state index in [1.54, 1.807) is 0 Å². The molecule has 0 saturated carbocycles. The summed E-state index contributed by atoms with van der Waals surface area (Å²) in [5.74, 6) is 0. The number of benzene rings is 1. The Morgan fingerprint density at radius 2 is 1.62 bits per heavy atom. The quantitative estimate of drug-likeness (QED) is 0.640. The molecule has 74 valence electrons. The lowest BCUT2D eigenvalue weighted by molar-refractivity contribution is 0.501. The zero-order valence-corrected chi connectivity index (χ0v) is 8.24. The third-order valence-electron chi connectivity index (χ3n) is 1.08. The van der Waals surface area contributed by atoms with E-state index in [0.717, 1.165) is 10.6 Å². The van der Waals surface area contributed by atoms with Crippen LogP contribution in [0.2, 0.25) is 5.02 Å². The maximum Gasteiger partial charge on any atom is 0.476 e. The predicted octanol–water partition coefficient (Wildman–Crippen LogP) is 2.82. The molecule has 1 rings (SSSR count). The van der Waals surface area contributed by atoms with Crippen LogP contribution in [0.3, 0.4) is 0 Å². The van der Waals surface area contributed by atoms with Crippen LogP contribution in [0.1, 0.15) is 5.56 Å². The predicted molar refractivity (Wildman–Crippen MR) is 47.3 cm³/mol. The van der Waals surface area contributed by atoms with Crippen LogP contribution in [0.4, 0.5) is 7.77 Å². The molecule has 0 fully saturated rings. The molecule has 2 nitrogen and oxygen atoms in total. The zero-order chi connectivity index (χ0) is 10.5. The first kappa shape index (κ1) is 12.3. The summed E-state index contributed by atoms with van der Waals surface area (Å²) in [5, 5.41) is 0.840. The molecule has 1 aromatic carbocycles. The van der Waals surface area contributed by atoms with Gasteiger partial charge in [-0.3, -0.25) is 0 Å². The van der Waals surface area contributed by atoms with Crippen LogP contribution in [0, 0.1) is 6.92 Å². The zero-order valence-electron chi connectivity index (χ0n) is 6.67. The number of hydrogen-bond donors (Lipinski definition) is 0. The first-order valence-electron chi connectivity index (χ1n) is 3.16. The lowest BCUT2D eigenvalue weighted by atomic mass is 10.2. The van der Waals surface area contributed by atoms with E-state index in [2.05, 4.69) is 0 Å². The average Bonchev–Trinajstić information content (AvgIpc) is 1.92. The Morgan fingerprint density at radius 3 is 1.85 bits per heavy atom. The molecule has 6 heteroatoms. The van der Waals surface area contributed by atoms with Crippen molar-refractivity contribution in [1.82, 2.24) is 0 Å². The molecule has 0 aliphatic heterocycles. The van der Waals surface area contributed by atoms with Gasteiger partial charge in [0.1, 0.15) is 0 Å². The van der Waals surface area contributed by atoms with E-state index >= 15 is 0 Å². The highest BCUT2D eigenvalue weighted by molar-refractivity contribution is 7.81. The number of halogens is 3. The Bertz CT molecular complexity index is 336. The van der Waals surface area contributed by atoms with Gasteiger partial charge >= 0.3 is 10.6 Å². The van der Waals surface area contributed by atoms with E-state index in [0.29, 0.717) is 0 Å². The summed E-state index contributed by atoms with van der Waals surface area (Å²) in [4.78, 5) is 0. The van der Waals surface area contributed by atoms with Crippen molar-refractivity contribution in [3.05, 3.63) is 34.9 Å². The summed E-state index contributed by atoms with van der Waals surface area (Å²) in [7, 11) is -5.67. The highest BCUT2D eigenvalue weighted by Crippen LogP contribution is 2.11. The summed E-state index contributed by atoms with van der Waals surface area (Å²) >= 11 is 5.71. The summed E-state index contributed by atoms with van der Waals surface area (Å²) in [6.45, 7) is 1.99. The average molecular weight is 229 g/mol. The normalized spacial score (nSPS) is 10.2. The Balaban J connectivity index is 0.000000252. The highest BCUT2D eigenvalue weighted by atomic mass is 35.5. The minimum absolute atomic E-state index is 0.840. The molecule has 0 aliphatic rings. The van der Waals surface area contributed by atoms with Crippen molar-refractivity contribution in [3.8, 4) is 0 Å². The van der Waals surface area contributed by atoms with Crippen molar-refractivity contribution in [2.75, 3.05) is 0 Å². The Labute approximate surface area is 80.7 Å². The van der Waals surface area contributed by atoms with Gasteiger partial charge in [0.15, 0.2) is 0 Å². The maximum absolute atomic E-state index is 9.99. The van der Waals surface area contributed by atoms with Gasteiger partial charge in [0.25, 0.3) is 0 Å². The number of rotatable bonds is 0. The van der Waals surface area contributed by atoms with E-state index in [1.807, 2.05) is 31.2 Å². The lowest BCUT2D eigenvalue weighted by Gasteiger charge is -1.90. The van der Waals surface area contributed by atoms with E-state index in [-0.39, 0.29) is 0 Å². The van der Waals surface area contributed by atoms with E-state index in [4.69, 9.17) is 20.0 Å². The third kappa shape index (κ3) is 9.23. The minimum Gasteiger partial charge on any atom is -0.160 e. The summed E-state index contributed by atoms with van der Waals surface area (Å²) in [6.07, 6.45) is 0. The van der Waals surface area contributed by atoms with E-state index in [1.165, 1.54) is 0 Å². The molecule has 13 heavy (non-hydrogen) atoms. The molecular formula is C7H7ClF2O2S. The van der Waals surface area contributed by atoms with Gasteiger partial charge in [-0.05, 0) is 18.6 Å². The van der Waals surface area contributed by atoms with Crippen molar-refractivity contribution >= 4 is 22.2 Å². The van der Waals surface area contributed by atoms with Gasteiger partial charge in [0.2, 0.25) is 0 Å². The molecule has 0 bridgehead atoms. The number of aryl methyl sites for hydroxylation is 1. The maximum atomic E-state index is 9.99. The Hall–Kier alpha value is -0.680. The SMILES string of the molecule is Cc1ccccc1Cl.O=S(=O)(F)F. The molecule has 0 heterocycles. The van der Waals surface area contributed by atoms with Gasteiger partial charge in [-0.2, -0.15) is 8.42 Å². The molecule has 0 amide bonds. The first-order valence-corrected chi connectivity index (χ1v) is 4.82. The first-order chi connectivity index (χ1) is 5.80. The smallest absolute Gasteiger partial charge is 0.160 e. The monoisotopic (exact) mass is 228 g/mol. The van der Waals surface area contributed by atoms with Crippen LogP contribution in [-0.2, 0) is 10.6 Å². The van der Waals surface area contributed by atoms with Crippen LogP contribution in [0.5, 0.6) is 0 Å². The van der Waals surface area contributed by atoms with Crippen LogP contribution in [0.15, 0.2) is 24.3 Å². The molecule has 0 aromatic heterocycles. The van der Waals surface area contributed by atoms with E-state index < -0.39 is 10.6 Å². The summed E-state index contributed by atoms with van der Waals surface area (Å²) in [5.41, 5.74) is 1.13. The molecule has 0 atom stereocenters. The molecule has 0 radical (unpaired) electrons. The van der Waals surface area contributed by atoms with Crippen LogP contribution in [-0.4, -0.2) is 8.42 Å². The molecule has 0 N–H and O–H groups in total. The van der Waals surface area contributed by atoms with Gasteiger partial charge < -0.3 is 0 Å². The van der Waals surface area contributed by atoms with Gasteiger partial charge in [0, 0.05) is 5.02 Å². The largest absolute Gasteiger partial charge is 0.476 e. The van der Waals surface area contributed by atoms with Crippen molar-refractivity contribution in [2.24, 2.45) is 0 Å². The van der Waals surface area contributed by atoms with Crippen molar-refractivity contribution < 1.29 is 16.2 Å². The Kier molecular flexibility index (Phi) is 4.87. The second-order valence-electron chi connectivity index (χ2n) is 2.13. The highest BCUT2D eigenvalue weighted by Gasteiger charge is 1.94. The molecule has 0 aliphatic carbocycles. The van der Waals surface area contributed by atoms with Crippen molar-refractivity contribution in [2.45, 2.75) is 6.92 Å². The summed E-state index contributed by atoms with van der Waals surface area (Å²) in [6, 6.07) is 7.77. The molecule has 0 spiro atoms. The molecule has 0 unspecified atom stereocenters. The second-order valence-corrected chi connectivity index (χ2v) is 3.29. The Morgan fingerprint density at radius 1 is 1.23 bits per heavy atom. The molecule has 0 saturated heterocycles. The van der Waals surface area contributed by atoms with Gasteiger partial charge in [-0.1, -0.05) is 37.6 Å². The fourth-order valence-electron chi connectivity index (χ4n) is 0.551. The van der Waals surface area contributed by atoms with Gasteiger partial charge in [-0.15, -0.1) is 0 Å². The fraction of sp³-hybridized carbons (Fsp3) is 0.143. The van der Waals surface area contributed by atoms with Crippen LogP contribution in [0.25, 0.3) is 0 Å².